The summed E-state index contributed by atoms with van der Waals surface area (Å²) in [6.07, 6.45) is 0. The largest absolute Gasteiger partial charge is 0.465 e. The van der Waals surface area contributed by atoms with Crippen LogP contribution in [-0.2, 0) is 9.47 Å². The fourth-order valence-corrected chi connectivity index (χ4v) is 1.88. The van der Waals surface area contributed by atoms with Gasteiger partial charge in [-0.25, -0.2) is 9.59 Å². The lowest BCUT2D eigenvalue weighted by Gasteiger charge is -2.00. The van der Waals surface area contributed by atoms with Crippen LogP contribution in [0.25, 0.3) is 0 Å². The van der Waals surface area contributed by atoms with Crippen molar-refractivity contribution in [1.82, 2.24) is 0 Å². The van der Waals surface area contributed by atoms with Crippen LogP contribution in [0.5, 0.6) is 0 Å². The first-order valence-electron chi connectivity index (χ1n) is 3.84. The van der Waals surface area contributed by atoms with E-state index in [0.717, 1.165) is 11.3 Å². The van der Waals surface area contributed by atoms with Gasteiger partial charge < -0.3 is 9.47 Å². The standard InChI is InChI=1S/C9H7NO4S/c1-13-8(11)6-5(3-10)4-15-7(6)9(12)14-2/h4H,1-2H3. The second-order valence-electron chi connectivity index (χ2n) is 2.45. The SMILES string of the molecule is COC(=O)c1scc(C#N)c1C(=O)OC. The first-order chi connectivity index (χ1) is 7.15. The maximum absolute atomic E-state index is 11.3. The van der Waals surface area contributed by atoms with E-state index >= 15 is 0 Å². The van der Waals surface area contributed by atoms with E-state index in [0.29, 0.717) is 0 Å². The number of hydrogen-bond donors (Lipinski definition) is 0. The average Bonchev–Trinajstić information content (AvgIpc) is 2.70. The molecule has 0 spiro atoms. The number of ether oxygens (including phenoxy) is 2. The number of nitriles is 1. The Kier molecular flexibility index (Phi) is 3.42. The minimum atomic E-state index is -0.715. The maximum Gasteiger partial charge on any atom is 0.348 e. The second-order valence-corrected chi connectivity index (χ2v) is 3.33. The summed E-state index contributed by atoms with van der Waals surface area (Å²) in [6.45, 7) is 0. The molecule has 0 aromatic carbocycles. The Balaban J connectivity index is 3.31. The van der Waals surface area contributed by atoms with E-state index in [2.05, 4.69) is 9.47 Å². The minimum Gasteiger partial charge on any atom is -0.465 e. The number of hydrogen-bond acceptors (Lipinski definition) is 6. The van der Waals surface area contributed by atoms with Gasteiger partial charge in [0.05, 0.1) is 19.8 Å². The summed E-state index contributed by atoms with van der Waals surface area (Å²) >= 11 is 0.979. The fourth-order valence-electron chi connectivity index (χ4n) is 0.988. The topological polar surface area (TPSA) is 76.4 Å². The predicted molar refractivity (Wildman–Crippen MR) is 51.7 cm³/mol. The molecule has 0 aliphatic carbocycles. The van der Waals surface area contributed by atoms with Crippen LogP contribution in [-0.4, -0.2) is 26.2 Å². The molecule has 78 valence electrons. The van der Waals surface area contributed by atoms with Crippen LogP contribution < -0.4 is 0 Å². The van der Waals surface area contributed by atoms with Gasteiger partial charge in [-0.15, -0.1) is 11.3 Å². The van der Waals surface area contributed by atoms with Crippen molar-refractivity contribution in [2.24, 2.45) is 0 Å². The molecule has 0 radical (unpaired) electrons. The first kappa shape index (κ1) is 11.2. The van der Waals surface area contributed by atoms with Gasteiger partial charge in [-0.1, -0.05) is 0 Å². The van der Waals surface area contributed by atoms with Crippen LogP contribution in [0.1, 0.15) is 25.6 Å². The van der Waals surface area contributed by atoms with Crippen molar-refractivity contribution in [2.45, 2.75) is 0 Å². The summed E-state index contributed by atoms with van der Waals surface area (Å²) in [7, 11) is 2.39. The van der Waals surface area contributed by atoms with Gasteiger partial charge in [0.25, 0.3) is 0 Å². The van der Waals surface area contributed by atoms with E-state index in [-0.39, 0.29) is 16.0 Å². The summed E-state index contributed by atoms with van der Waals surface area (Å²) in [5, 5.41) is 10.1. The molecule has 1 aromatic heterocycles. The third-order valence-electron chi connectivity index (χ3n) is 1.67. The van der Waals surface area contributed by atoms with Gasteiger partial charge in [0.1, 0.15) is 16.5 Å². The van der Waals surface area contributed by atoms with Gasteiger partial charge in [-0.05, 0) is 0 Å². The number of nitrogens with zero attached hydrogens (tertiary/aromatic N) is 1. The van der Waals surface area contributed by atoms with E-state index in [1.807, 2.05) is 6.07 Å². The van der Waals surface area contributed by atoms with Crippen LogP contribution in [0.3, 0.4) is 0 Å². The molecule has 0 N–H and O–H groups in total. The molecule has 1 rings (SSSR count). The molecule has 5 nitrogen and oxygen atoms in total. The van der Waals surface area contributed by atoms with Crippen molar-refractivity contribution in [3.63, 3.8) is 0 Å². The highest BCUT2D eigenvalue weighted by molar-refractivity contribution is 7.12. The molecule has 1 heterocycles. The molecule has 0 aliphatic heterocycles. The third-order valence-corrected chi connectivity index (χ3v) is 2.63. The minimum absolute atomic E-state index is 0.0307. The molecular weight excluding hydrogens is 218 g/mol. The second kappa shape index (κ2) is 4.57. The third kappa shape index (κ3) is 1.97. The number of carbonyl (C=O) groups is 2. The maximum atomic E-state index is 11.3. The lowest BCUT2D eigenvalue weighted by molar-refractivity contribution is 0.0560. The van der Waals surface area contributed by atoms with E-state index in [9.17, 15) is 9.59 Å². The predicted octanol–water partition coefficient (Wildman–Crippen LogP) is 1.19. The molecule has 6 heteroatoms. The van der Waals surface area contributed by atoms with Crippen molar-refractivity contribution in [3.05, 3.63) is 21.4 Å². The molecule has 0 aliphatic rings. The number of thiophene rings is 1. The summed E-state index contributed by atoms with van der Waals surface area (Å²) in [5.41, 5.74) is 0.0871. The van der Waals surface area contributed by atoms with Crippen molar-refractivity contribution >= 4 is 23.3 Å². The van der Waals surface area contributed by atoms with Gasteiger partial charge in [0.2, 0.25) is 0 Å². The van der Waals surface area contributed by atoms with E-state index in [4.69, 9.17) is 5.26 Å². The molecule has 0 saturated carbocycles. The highest BCUT2D eigenvalue weighted by atomic mass is 32.1. The summed E-state index contributed by atoms with van der Waals surface area (Å²) in [6, 6.07) is 1.81. The zero-order chi connectivity index (χ0) is 11.4. The Morgan fingerprint density at radius 1 is 1.33 bits per heavy atom. The monoisotopic (exact) mass is 225 g/mol. The van der Waals surface area contributed by atoms with Crippen LogP contribution >= 0.6 is 11.3 Å². The van der Waals surface area contributed by atoms with E-state index < -0.39 is 11.9 Å². The molecule has 1 aromatic rings. The summed E-state index contributed by atoms with van der Waals surface area (Å²) in [4.78, 5) is 22.7. The molecule has 0 amide bonds. The summed E-state index contributed by atoms with van der Waals surface area (Å²) < 4.78 is 8.96. The highest BCUT2D eigenvalue weighted by Gasteiger charge is 2.24. The molecule has 0 fully saturated rings. The van der Waals surface area contributed by atoms with E-state index in [1.165, 1.54) is 19.6 Å². The van der Waals surface area contributed by atoms with Crippen molar-refractivity contribution in [3.8, 4) is 6.07 Å². The molecule has 0 atom stereocenters. The Morgan fingerprint density at radius 2 is 1.93 bits per heavy atom. The highest BCUT2D eigenvalue weighted by Crippen LogP contribution is 2.23. The quantitative estimate of drug-likeness (QED) is 0.706. The Hall–Kier alpha value is -1.87. The molecular formula is C9H7NO4S. The zero-order valence-corrected chi connectivity index (χ0v) is 8.88. The van der Waals surface area contributed by atoms with Gasteiger partial charge in [0.15, 0.2) is 0 Å². The Bertz CT molecular complexity index is 443. The molecule has 0 bridgehead atoms. The van der Waals surface area contributed by atoms with Gasteiger partial charge >= 0.3 is 11.9 Å². The lowest BCUT2D eigenvalue weighted by Crippen LogP contribution is -2.09. The van der Waals surface area contributed by atoms with Gasteiger partial charge in [-0.2, -0.15) is 5.26 Å². The average molecular weight is 225 g/mol. The van der Waals surface area contributed by atoms with Crippen LogP contribution in [0.15, 0.2) is 5.38 Å². The van der Waals surface area contributed by atoms with E-state index in [1.54, 1.807) is 0 Å². The number of rotatable bonds is 2. The van der Waals surface area contributed by atoms with Crippen LogP contribution in [0, 0.1) is 11.3 Å². The van der Waals surface area contributed by atoms with Crippen molar-refractivity contribution < 1.29 is 19.1 Å². The Morgan fingerprint density at radius 3 is 2.40 bits per heavy atom. The lowest BCUT2D eigenvalue weighted by atomic mass is 10.1. The smallest absolute Gasteiger partial charge is 0.348 e. The normalized spacial score (nSPS) is 9.13. The van der Waals surface area contributed by atoms with Crippen molar-refractivity contribution in [1.29, 1.82) is 5.26 Å². The zero-order valence-electron chi connectivity index (χ0n) is 8.07. The number of esters is 2. The van der Waals surface area contributed by atoms with Crippen LogP contribution in [0.4, 0.5) is 0 Å². The van der Waals surface area contributed by atoms with Gasteiger partial charge in [0, 0.05) is 5.38 Å². The Labute approximate surface area is 89.8 Å². The molecule has 15 heavy (non-hydrogen) atoms. The van der Waals surface area contributed by atoms with Crippen LogP contribution in [0.2, 0.25) is 0 Å². The van der Waals surface area contributed by atoms with Crippen molar-refractivity contribution in [2.75, 3.05) is 14.2 Å². The number of methoxy groups -OCH3 is 2. The molecule has 0 unspecified atom stereocenters. The van der Waals surface area contributed by atoms with Gasteiger partial charge in [-0.3, -0.25) is 0 Å². The summed E-state index contributed by atoms with van der Waals surface area (Å²) in [5.74, 6) is -1.37. The molecule has 0 saturated heterocycles. The number of carbonyl (C=O) groups excluding carboxylic acids is 2. The first-order valence-corrected chi connectivity index (χ1v) is 4.71. The fraction of sp³-hybridized carbons (Fsp3) is 0.222.